The highest BCUT2D eigenvalue weighted by Gasteiger charge is 2.76. The molecule has 13 nitrogen and oxygen atoms in total. The van der Waals surface area contributed by atoms with Crippen LogP contribution in [0.4, 0.5) is 10.5 Å². The van der Waals surface area contributed by atoms with Crippen molar-refractivity contribution in [2.24, 2.45) is 5.92 Å². The molecule has 0 saturated carbocycles. The van der Waals surface area contributed by atoms with E-state index < -0.39 is 59.5 Å². The van der Waals surface area contributed by atoms with E-state index in [1.54, 1.807) is 41.3 Å². The molecule has 56 heavy (non-hydrogen) atoms. The van der Waals surface area contributed by atoms with E-state index in [-0.39, 0.29) is 50.7 Å². The lowest BCUT2D eigenvalue weighted by atomic mass is 9.65. The molecule has 7 rings (SSSR count). The number of carbonyl (C=O) groups excluding carboxylic acids is 3. The second-order valence-electron chi connectivity index (χ2n) is 13.5. The summed E-state index contributed by atoms with van der Waals surface area (Å²) in [5, 5.41) is 30.4. The molecule has 13 heteroatoms. The number of carbonyl (C=O) groups is 4. The largest absolute Gasteiger partial charge is 0.491 e. The molecule has 4 aromatic rings. The first kappa shape index (κ1) is 38.2. The van der Waals surface area contributed by atoms with Gasteiger partial charge in [-0.25, -0.2) is 9.69 Å². The highest BCUT2D eigenvalue weighted by molar-refractivity contribution is 6.23. The van der Waals surface area contributed by atoms with Crippen LogP contribution >= 0.6 is 0 Å². The Bertz CT molecular complexity index is 2170. The van der Waals surface area contributed by atoms with Crippen LogP contribution in [0.25, 0.3) is 0 Å². The van der Waals surface area contributed by atoms with Crippen LogP contribution in [0, 0.1) is 17.8 Å². The Labute approximate surface area is 323 Å². The van der Waals surface area contributed by atoms with E-state index in [2.05, 4.69) is 11.8 Å². The number of fused-ring (bicyclic) bond motifs is 3. The molecule has 4 aromatic carbocycles. The van der Waals surface area contributed by atoms with Crippen molar-refractivity contribution in [3.05, 3.63) is 131 Å². The van der Waals surface area contributed by atoms with Crippen molar-refractivity contribution in [3.63, 3.8) is 0 Å². The van der Waals surface area contributed by atoms with Gasteiger partial charge in [0.25, 0.3) is 0 Å². The first-order valence-corrected chi connectivity index (χ1v) is 18.2. The Morgan fingerprint density at radius 3 is 2.21 bits per heavy atom. The normalized spacial score (nSPS) is 23.8. The van der Waals surface area contributed by atoms with Gasteiger partial charge in [0.1, 0.15) is 42.4 Å². The molecule has 0 bridgehead atoms. The van der Waals surface area contributed by atoms with E-state index in [1.165, 1.54) is 13.2 Å². The standard InChI is InChI=1S/C43H40N2O11/c1-53-23-24-55-42(52)44-33-19-18-27(11-8-9-20-46)25-32(33)43(41(44)51)34(39(48)49)36-40(50)56-37(29-14-6-3-7-15-29)35(28-12-4-2-5-13-28)45(36)38(43)30-16-10-17-31(26-30)54-22-21-47/h2-7,10,12-19,25-26,34-38,46-47H,9,20-24H2,1H3,(H,48,49)/t34-,35-,36-,37+,38+,43-/m0/s1. The van der Waals surface area contributed by atoms with Gasteiger partial charge in [-0.05, 0) is 52.6 Å². The van der Waals surface area contributed by atoms with Crippen LogP contribution in [0.15, 0.2) is 103 Å². The smallest absolute Gasteiger partial charge is 0.421 e. The van der Waals surface area contributed by atoms with Crippen LogP contribution in [0.3, 0.4) is 0 Å². The van der Waals surface area contributed by atoms with E-state index in [4.69, 9.17) is 18.9 Å². The molecule has 0 radical (unpaired) electrons. The first-order valence-electron chi connectivity index (χ1n) is 18.2. The molecular formula is C43H40N2O11. The van der Waals surface area contributed by atoms with Crippen LogP contribution in [-0.4, -0.2) is 90.3 Å². The number of aliphatic hydroxyl groups excluding tert-OH is 2. The van der Waals surface area contributed by atoms with Gasteiger partial charge in [-0.2, -0.15) is 0 Å². The molecule has 3 aliphatic rings. The number of aliphatic carboxylic acids is 1. The van der Waals surface area contributed by atoms with Gasteiger partial charge in [0.2, 0.25) is 5.91 Å². The third-order valence-electron chi connectivity index (χ3n) is 10.4. The molecular weight excluding hydrogens is 720 g/mol. The molecule has 2 amide bonds. The Hall–Kier alpha value is -6.04. The number of imide groups is 1. The number of rotatable bonds is 11. The Morgan fingerprint density at radius 1 is 0.821 bits per heavy atom. The second kappa shape index (κ2) is 16.4. The molecule has 1 spiro atoms. The quantitative estimate of drug-likeness (QED) is 0.113. The van der Waals surface area contributed by atoms with Gasteiger partial charge >= 0.3 is 18.0 Å². The number of methoxy groups -OCH3 is 1. The third-order valence-corrected chi connectivity index (χ3v) is 10.4. The summed E-state index contributed by atoms with van der Waals surface area (Å²) in [6, 6.07) is 26.0. The maximum Gasteiger partial charge on any atom is 0.421 e. The number of esters is 1. The van der Waals surface area contributed by atoms with Gasteiger partial charge in [-0.3, -0.25) is 19.3 Å². The van der Waals surface area contributed by atoms with Gasteiger partial charge in [-0.1, -0.05) is 84.6 Å². The number of anilines is 1. The number of ether oxygens (including phenoxy) is 4. The van der Waals surface area contributed by atoms with E-state index in [9.17, 15) is 29.7 Å². The minimum absolute atomic E-state index is 0.0352. The summed E-state index contributed by atoms with van der Waals surface area (Å²) in [6.45, 7) is -0.677. The number of hydrogen-bond donors (Lipinski definition) is 3. The molecule has 6 atom stereocenters. The Balaban J connectivity index is 1.56. The van der Waals surface area contributed by atoms with Crippen molar-refractivity contribution in [1.82, 2.24) is 4.90 Å². The lowest BCUT2D eigenvalue weighted by Gasteiger charge is -2.46. The van der Waals surface area contributed by atoms with Crippen LogP contribution in [0.2, 0.25) is 0 Å². The van der Waals surface area contributed by atoms with Gasteiger partial charge in [-0.15, -0.1) is 0 Å². The minimum Gasteiger partial charge on any atom is -0.491 e. The Kier molecular flexibility index (Phi) is 11.2. The number of morpholine rings is 1. The van der Waals surface area contributed by atoms with E-state index in [0.29, 0.717) is 28.0 Å². The van der Waals surface area contributed by atoms with E-state index in [0.717, 1.165) is 4.90 Å². The summed E-state index contributed by atoms with van der Waals surface area (Å²) < 4.78 is 22.7. The fourth-order valence-electron chi connectivity index (χ4n) is 8.38. The van der Waals surface area contributed by atoms with Crippen molar-refractivity contribution in [3.8, 4) is 17.6 Å². The summed E-state index contributed by atoms with van der Waals surface area (Å²) in [4.78, 5) is 60.9. The summed E-state index contributed by atoms with van der Waals surface area (Å²) in [5.74, 6) is 1.12. The highest BCUT2D eigenvalue weighted by Crippen LogP contribution is 2.66. The van der Waals surface area contributed by atoms with Crippen molar-refractivity contribution in [1.29, 1.82) is 0 Å². The molecule has 2 fully saturated rings. The topological polar surface area (TPSA) is 172 Å². The SMILES string of the molecule is COCCOC(=O)N1C(=O)[C@@]2(c3cc(C#CCCO)ccc31)[C@H](C(=O)O)[C@H]1C(=O)O[C@H](c3ccccc3)[C@H](c3ccccc3)N1[C@@H]2c1cccc(OCCO)c1. The van der Waals surface area contributed by atoms with Crippen molar-refractivity contribution < 1.29 is 53.4 Å². The van der Waals surface area contributed by atoms with Gasteiger partial charge in [0.05, 0.1) is 37.6 Å². The number of aliphatic hydroxyl groups is 2. The molecule has 3 heterocycles. The molecule has 0 aliphatic carbocycles. The minimum atomic E-state index is -2.17. The molecule has 0 unspecified atom stereocenters. The van der Waals surface area contributed by atoms with Crippen molar-refractivity contribution in [2.45, 2.75) is 36.1 Å². The van der Waals surface area contributed by atoms with Gasteiger partial charge in [0, 0.05) is 19.1 Å². The number of benzene rings is 4. The van der Waals surface area contributed by atoms with E-state index >= 15 is 4.79 Å². The third kappa shape index (κ3) is 6.56. The average Bonchev–Trinajstić information content (AvgIpc) is 3.67. The maximum atomic E-state index is 15.7. The Morgan fingerprint density at radius 2 is 1.54 bits per heavy atom. The number of cyclic esters (lactones) is 1. The monoisotopic (exact) mass is 760 g/mol. The number of carboxylic acids is 1. The van der Waals surface area contributed by atoms with Gasteiger partial charge in [0.15, 0.2) is 0 Å². The zero-order chi connectivity index (χ0) is 39.4. The predicted molar refractivity (Wildman–Crippen MR) is 200 cm³/mol. The number of hydrogen-bond acceptors (Lipinski definition) is 11. The zero-order valence-corrected chi connectivity index (χ0v) is 30.4. The van der Waals surface area contributed by atoms with Crippen molar-refractivity contribution in [2.75, 3.05) is 45.0 Å². The fraction of sp³-hybridized carbons (Fsp3) is 0.302. The van der Waals surface area contributed by atoms with Gasteiger partial charge < -0.3 is 34.3 Å². The zero-order valence-electron chi connectivity index (χ0n) is 30.4. The highest BCUT2D eigenvalue weighted by atomic mass is 16.6. The lowest BCUT2D eigenvalue weighted by Crippen LogP contribution is -2.53. The molecule has 288 valence electrons. The number of nitrogens with zero attached hydrogens (tertiary/aromatic N) is 2. The van der Waals surface area contributed by atoms with E-state index in [1.807, 2.05) is 60.7 Å². The fourth-order valence-corrected chi connectivity index (χ4v) is 8.38. The summed E-state index contributed by atoms with van der Waals surface area (Å²) in [5.41, 5.74) is 0.155. The van der Waals surface area contributed by atoms with Crippen LogP contribution in [0.1, 0.15) is 52.4 Å². The molecule has 3 aliphatic heterocycles. The second-order valence-corrected chi connectivity index (χ2v) is 13.5. The summed E-state index contributed by atoms with van der Waals surface area (Å²) in [7, 11) is 1.43. The molecule has 2 saturated heterocycles. The van der Waals surface area contributed by atoms with Crippen molar-refractivity contribution >= 4 is 29.6 Å². The van der Waals surface area contributed by atoms with Crippen LogP contribution < -0.4 is 9.64 Å². The number of carboxylic acid groups (broad SMARTS) is 1. The van der Waals surface area contributed by atoms with Crippen LogP contribution in [0.5, 0.6) is 5.75 Å². The molecule has 3 N–H and O–H groups in total. The first-order chi connectivity index (χ1) is 27.3. The average molecular weight is 761 g/mol. The molecule has 0 aromatic heterocycles. The summed E-state index contributed by atoms with van der Waals surface area (Å²) in [6.07, 6.45) is -1.85. The summed E-state index contributed by atoms with van der Waals surface area (Å²) >= 11 is 0. The number of amides is 2. The lowest BCUT2D eigenvalue weighted by molar-refractivity contribution is -0.179. The van der Waals surface area contributed by atoms with Crippen LogP contribution in [-0.2, 0) is 34.0 Å². The predicted octanol–water partition coefficient (Wildman–Crippen LogP) is 4.32. The maximum absolute atomic E-state index is 15.7.